The van der Waals surface area contributed by atoms with Gasteiger partial charge in [-0.2, -0.15) is 0 Å². The number of hydrogen-bond donors (Lipinski definition) is 3. The summed E-state index contributed by atoms with van der Waals surface area (Å²) in [6.07, 6.45) is 0. The van der Waals surface area contributed by atoms with Crippen LogP contribution in [0.2, 0.25) is 0 Å². The third kappa shape index (κ3) is 2.48. The lowest BCUT2D eigenvalue weighted by Gasteiger charge is -2.10. The lowest BCUT2D eigenvalue weighted by Crippen LogP contribution is -2.25. The zero-order valence-electron chi connectivity index (χ0n) is 9.37. The lowest BCUT2D eigenvalue weighted by molar-refractivity contribution is -0.113. The van der Waals surface area contributed by atoms with Crippen LogP contribution in [0.15, 0.2) is 41.7 Å². The summed E-state index contributed by atoms with van der Waals surface area (Å²) in [5.41, 5.74) is 6.69. The zero-order valence-corrected chi connectivity index (χ0v) is 9.37. The fourth-order valence-electron chi connectivity index (χ4n) is 1.37. The molecule has 0 aliphatic carbocycles. The molecule has 0 radical (unpaired) electrons. The minimum absolute atomic E-state index is 0.139. The molecule has 16 heavy (non-hydrogen) atoms. The molecule has 0 spiro atoms. The molecule has 0 aliphatic heterocycles. The molecule has 1 aromatic carbocycles. The Morgan fingerprint density at radius 1 is 1.31 bits per heavy atom. The molecule has 0 bridgehead atoms. The van der Waals surface area contributed by atoms with Gasteiger partial charge in [0.15, 0.2) is 5.78 Å². The number of carbonyl (C=O) groups excluding carboxylic acids is 1. The van der Waals surface area contributed by atoms with Gasteiger partial charge in [0.25, 0.3) is 0 Å². The molecule has 0 aliphatic rings. The highest BCUT2D eigenvalue weighted by molar-refractivity contribution is 6.27. The van der Waals surface area contributed by atoms with Crippen LogP contribution in [0.3, 0.4) is 0 Å². The van der Waals surface area contributed by atoms with Gasteiger partial charge in [0.05, 0.1) is 11.3 Å². The van der Waals surface area contributed by atoms with Crippen LogP contribution in [0.4, 0.5) is 0 Å². The van der Waals surface area contributed by atoms with Crippen LogP contribution < -0.4 is 11.1 Å². The van der Waals surface area contributed by atoms with Crippen LogP contribution >= 0.6 is 0 Å². The number of nitrogens with two attached hydrogens (primary N) is 1. The smallest absolute Gasteiger partial charge is 0.165 e. The van der Waals surface area contributed by atoms with Gasteiger partial charge in [0, 0.05) is 12.6 Å². The van der Waals surface area contributed by atoms with Crippen molar-refractivity contribution in [3.05, 3.63) is 47.3 Å². The van der Waals surface area contributed by atoms with Gasteiger partial charge in [0.2, 0.25) is 0 Å². The first-order valence-electron chi connectivity index (χ1n) is 4.90. The van der Waals surface area contributed by atoms with Gasteiger partial charge in [-0.15, -0.1) is 0 Å². The van der Waals surface area contributed by atoms with E-state index in [1.165, 1.54) is 6.92 Å². The largest absolute Gasteiger partial charge is 0.385 e. The molecule has 84 valence electrons. The van der Waals surface area contributed by atoms with Gasteiger partial charge in [-0.1, -0.05) is 30.3 Å². The summed E-state index contributed by atoms with van der Waals surface area (Å²) in [7, 11) is 1.62. The van der Waals surface area contributed by atoms with E-state index in [9.17, 15) is 4.79 Å². The molecule has 4 nitrogen and oxygen atoms in total. The highest BCUT2D eigenvalue weighted by Crippen LogP contribution is 2.10. The molecule has 0 atom stereocenters. The van der Waals surface area contributed by atoms with Crippen LogP contribution in [0, 0.1) is 5.41 Å². The number of carbonyl (C=O) groups is 1. The SMILES string of the molecule is CN/C(N)=C(\C(=N)c1ccccc1)C(C)=O. The second-order valence-corrected chi connectivity index (χ2v) is 3.34. The maximum Gasteiger partial charge on any atom is 0.165 e. The molecule has 1 rings (SSSR count). The molecule has 0 saturated heterocycles. The predicted octanol–water partition coefficient (Wildman–Crippen LogP) is 1.03. The molecule has 0 fully saturated rings. The average Bonchev–Trinajstić information content (AvgIpc) is 2.29. The van der Waals surface area contributed by atoms with Gasteiger partial charge in [-0.25, -0.2) is 0 Å². The highest BCUT2D eigenvalue weighted by Gasteiger charge is 2.15. The summed E-state index contributed by atoms with van der Waals surface area (Å²) in [6.45, 7) is 1.40. The molecule has 0 heterocycles. The third-order valence-corrected chi connectivity index (χ3v) is 2.20. The Bertz CT molecular complexity index is 435. The topological polar surface area (TPSA) is 79.0 Å². The Morgan fingerprint density at radius 2 is 1.88 bits per heavy atom. The number of hydrogen-bond acceptors (Lipinski definition) is 4. The van der Waals surface area contributed by atoms with Crippen LogP contribution in [0.25, 0.3) is 0 Å². The summed E-state index contributed by atoms with van der Waals surface area (Å²) in [4.78, 5) is 11.4. The summed E-state index contributed by atoms with van der Waals surface area (Å²) in [5.74, 6) is 0.00190. The Kier molecular flexibility index (Phi) is 3.83. The number of nitrogens with one attached hydrogen (secondary N) is 2. The first-order valence-corrected chi connectivity index (χ1v) is 4.90. The highest BCUT2D eigenvalue weighted by atomic mass is 16.1. The molecular formula is C12H15N3O. The van der Waals surface area contributed by atoms with Crippen molar-refractivity contribution in [1.29, 1.82) is 5.41 Å². The van der Waals surface area contributed by atoms with Crippen molar-refractivity contribution < 1.29 is 4.79 Å². The second-order valence-electron chi connectivity index (χ2n) is 3.34. The molecule has 0 unspecified atom stereocenters. The molecule has 0 amide bonds. The van der Waals surface area contributed by atoms with E-state index in [-0.39, 0.29) is 22.9 Å². The lowest BCUT2D eigenvalue weighted by atomic mass is 10.00. The van der Waals surface area contributed by atoms with Crippen molar-refractivity contribution in [2.75, 3.05) is 7.05 Å². The van der Waals surface area contributed by atoms with Gasteiger partial charge in [-0.3, -0.25) is 10.2 Å². The van der Waals surface area contributed by atoms with Gasteiger partial charge >= 0.3 is 0 Å². The molecule has 1 aromatic rings. The fraction of sp³-hybridized carbons (Fsp3) is 0.167. The van der Waals surface area contributed by atoms with Crippen molar-refractivity contribution in [3.63, 3.8) is 0 Å². The molecule has 0 aromatic heterocycles. The normalized spacial score (nSPS) is 11.6. The van der Waals surface area contributed by atoms with Crippen molar-refractivity contribution in [2.24, 2.45) is 5.73 Å². The Balaban J connectivity index is 3.18. The fourth-order valence-corrected chi connectivity index (χ4v) is 1.37. The van der Waals surface area contributed by atoms with E-state index in [0.717, 1.165) is 0 Å². The summed E-state index contributed by atoms with van der Waals surface area (Å²) < 4.78 is 0. The quantitative estimate of drug-likeness (QED) is 0.520. The average molecular weight is 217 g/mol. The Hall–Kier alpha value is -2.10. The minimum atomic E-state index is -0.222. The predicted molar refractivity (Wildman–Crippen MR) is 64.2 cm³/mol. The minimum Gasteiger partial charge on any atom is -0.385 e. The van der Waals surface area contributed by atoms with Gasteiger partial charge in [0.1, 0.15) is 5.82 Å². The number of benzene rings is 1. The van der Waals surface area contributed by atoms with Crippen LogP contribution in [0.5, 0.6) is 0 Å². The monoisotopic (exact) mass is 217 g/mol. The van der Waals surface area contributed by atoms with E-state index in [1.807, 2.05) is 18.2 Å². The molecular weight excluding hydrogens is 202 g/mol. The molecule has 0 saturated carbocycles. The van der Waals surface area contributed by atoms with Crippen molar-refractivity contribution in [3.8, 4) is 0 Å². The summed E-state index contributed by atoms with van der Waals surface area (Å²) >= 11 is 0. The van der Waals surface area contributed by atoms with Gasteiger partial charge < -0.3 is 11.1 Å². The van der Waals surface area contributed by atoms with Crippen LogP contribution in [-0.2, 0) is 4.79 Å². The van der Waals surface area contributed by atoms with E-state index in [4.69, 9.17) is 11.1 Å². The maximum atomic E-state index is 11.4. The molecule has 4 heteroatoms. The Morgan fingerprint density at radius 3 is 2.31 bits per heavy atom. The van der Waals surface area contributed by atoms with Crippen LogP contribution in [-0.4, -0.2) is 18.5 Å². The van der Waals surface area contributed by atoms with Crippen LogP contribution in [0.1, 0.15) is 12.5 Å². The van der Waals surface area contributed by atoms with E-state index in [0.29, 0.717) is 5.56 Å². The zero-order chi connectivity index (χ0) is 12.1. The first kappa shape index (κ1) is 12.0. The summed E-state index contributed by atoms with van der Waals surface area (Å²) in [5, 5.41) is 10.6. The van der Waals surface area contributed by atoms with E-state index >= 15 is 0 Å². The Labute approximate surface area is 94.7 Å². The standard InChI is InChI=1S/C12H15N3O/c1-8(16)10(12(14)15-2)11(13)9-6-4-3-5-7-9/h3-7,13,15H,14H2,1-2H3/b12-10-,13-11?. The van der Waals surface area contributed by atoms with Crippen molar-refractivity contribution in [1.82, 2.24) is 5.32 Å². The number of Topliss-reactive ketones (excluding diaryl/α,β-unsaturated/α-hetero) is 1. The summed E-state index contributed by atoms with van der Waals surface area (Å²) in [6, 6.07) is 9.03. The number of allylic oxidation sites excluding steroid dienone is 1. The molecule has 4 N–H and O–H groups in total. The number of rotatable bonds is 4. The first-order chi connectivity index (χ1) is 7.57. The second kappa shape index (κ2) is 5.11. The van der Waals surface area contributed by atoms with E-state index in [1.54, 1.807) is 19.2 Å². The van der Waals surface area contributed by atoms with Crippen molar-refractivity contribution >= 4 is 11.5 Å². The van der Waals surface area contributed by atoms with Crippen molar-refractivity contribution in [2.45, 2.75) is 6.92 Å². The maximum absolute atomic E-state index is 11.4. The van der Waals surface area contributed by atoms with E-state index in [2.05, 4.69) is 5.32 Å². The van der Waals surface area contributed by atoms with E-state index < -0.39 is 0 Å². The number of ketones is 1. The third-order valence-electron chi connectivity index (χ3n) is 2.20. The van der Waals surface area contributed by atoms with Gasteiger partial charge in [-0.05, 0) is 6.92 Å².